The normalized spacial score (nSPS) is 15.4. The summed E-state index contributed by atoms with van der Waals surface area (Å²) in [6.45, 7) is 0. The first-order chi connectivity index (χ1) is 14.2. The van der Waals surface area contributed by atoms with Crippen molar-refractivity contribution in [2.75, 3.05) is 0 Å². The first kappa shape index (κ1) is 20.3. The first-order valence-corrected chi connectivity index (χ1v) is 9.22. The van der Waals surface area contributed by atoms with Crippen LogP contribution in [0.5, 0.6) is 0 Å². The Labute approximate surface area is 178 Å². The predicted molar refractivity (Wildman–Crippen MR) is 106 cm³/mol. The SMILES string of the molecule is O=C1OC(c2ccc(Cl)cc2)=N/C1=C\c1ccc(-c2cc(C(F)(F)F)ccc2Cl)o1. The van der Waals surface area contributed by atoms with E-state index < -0.39 is 17.7 Å². The summed E-state index contributed by atoms with van der Waals surface area (Å²) in [6.07, 6.45) is -3.19. The minimum absolute atomic E-state index is 0.0176. The van der Waals surface area contributed by atoms with Gasteiger partial charge in [0.2, 0.25) is 5.90 Å². The Morgan fingerprint density at radius 2 is 1.70 bits per heavy atom. The lowest BCUT2D eigenvalue weighted by molar-refractivity contribution is -0.137. The van der Waals surface area contributed by atoms with Crippen molar-refractivity contribution >= 4 is 41.1 Å². The van der Waals surface area contributed by atoms with Crippen molar-refractivity contribution in [1.82, 2.24) is 0 Å². The molecule has 0 aliphatic carbocycles. The van der Waals surface area contributed by atoms with Gasteiger partial charge in [0, 0.05) is 22.2 Å². The molecule has 9 heteroatoms. The van der Waals surface area contributed by atoms with E-state index in [1.807, 2.05) is 0 Å². The zero-order valence-electron chi connectivity index (χ0n) is 14.8. The number of cyclic esters (lactones) is 1. The fourth-order valence-corrected chi connectivity index (χ4v) is 3.06. The van der Waals surface area contributed by atoms with Crippen LogP contribution in [-0.4, -0.2) is 11.9 Å². The van der Waals surface area contributed by atoms with E-state index >= 15 is 0 Å². The second kappa shape index (κ2) is 7.66. The van der Waals surface area contributed by atoms with Crippen LogP contribution in [0.3, 0.4) is 0 Å². The Morgan fingerprint density at radius 3 is 2.40 bits per heavy atom. The van der Waals surface area contributed by atoms with Crippen molar-refractivity contribution in [3.8, 4) is 11.3 Å². The summed E-state index contributed by atoms with van der Waals surface area (Å²) in [4.78, 5) is 16.2. The third kappa shape index (κ3) is 4.13. The molecule has 0 amide bonds. The Morgan fingerprint density at radius 1 is 0.967 bits per heavy atom. The average Bonchev–Trinajstić information content (AvgIpc) is 3.29. The number of carbonyl (C=O) groups is 1. The van der Waals surface area contributed by atoms with Gasteiger partial charge in [0.1, 0.15) is 11.5 Å². The topological polar surface area (TPSA) is 51.8 Å². The number of alkyl halides is 3. The van der Waals surface area contributed by atoms with Gasteiger partial charge < -0.3 is 9.15 Å². The summed E-state index contributed by atoms with van der Waals surface area (Å²) < 4.78 is 49.6. The van der Waals surface area contributed by atoms with Gasteiger partial charge in [0.25, 0.3) is 0 Å². The van der Waals surface area contributed by atoms with E-state index in [2.05, 4.69) is 4.99 Å². The molecule has 0 bridgehead atoms. The third-order valence-corrected chi connectivity index (χ3v) is 4.76. The van der Waals surface area contributed by atoms with Crippen molar-refractivity contribution in [1.29, 1.82) is 0 Å². The molecule has 4 rings (SSSR count). The predicted octanol–water partition coefficient (Wildman–Crippen LogP) is 6.62. The molecule has 0 fully saturated rings. The number of rotatable bonds is 3. The lowest BCUT2D eigenvalue weighted by atomic mass is 10.1. The molecule has 0 saturated carbocycles. The highest BCUT2D eigenvalue weighted by Gasteiger charge is 2.31. The van der Waals surface area contributed by atoms with Gasteiger partial charge in [-0.15, -0.1) is 0 Å². The van der Waals surface area contributed by atoms with Crippen LogP contribution in [0.1, 0.15) is 16.9 Å². The number of ether oxygens (including phenoxy) is 1. The highest BCUT2D eigenvalue weighted by atomic mass is 35.5. The lowest BCUT2D eigenvalue weighted by Gasteiger charge is -2.09. The molecule has 30 heavy (non-hydrogen) atoms. The molecule has 0 N–H and O–H groups in total. The molecule has 0 unspecified atom stereocenters. The monoisotopic (exact) mass is 451 g/mol. The second-order valence-electron chi connectivity index (χ2n) is 6.24. The van der Waals surface area contributed by atoms with Gasteiger partial charge in [-0.25, -0.2) is 9.79 Å². The maximum atomic E-state index is 13.0. The highest BCUT2D eigenvalue weighted by Crippen LogP contribution is 2.36. The maximum Gasteiger partial charge on any atom is 0.416 e. The van der Waals surface area contributed by atoms with E-state index in [0.717, 1.165) is 18.2 Å². The van der Waals surface area contributed by atoms with Crippen molar-refractivity contribution in [2.24, 2.45) is 4.99 Å². The summed E-state index contributed by atoms with van der Waals surface area (Å²) in [5, 5.41) is 0.621. The molecular weight excluding hydrogens is 442 g/mol. The number of hydrogen-bond acceptors (Lipinski definition) is 4. The first-order valence-electron chi connectivity index (χ1n) is 8.46. The van der Waals surface area contributed by atoms with Crippen LogP contribution in [0.2, 0.25) is 10.0 Å². The van der Waals surface area contributed by atoms with Crippen LogP contribution in [0.25, 0.3) is 17.4 Å². The number of halogens is 5. The van der Waals surface area contributed by atoms with Gasteiger partial charge in [-0.3, -0.25) is 0 Å². The van der Waals surface area contributed by atoms with Gasteiger partial charge in [-0.05, 0) is 54.6 Å². The molecule has 1 aliphatic rings. The number of esters is 1. The molecule has 1 aromatic heterocycles. The summed E-state index contributed by atoms with van der Waals surface area (Å²) >= 11 is 11.9. The van der Waals surface area contributed by atoms with Gasteiger partial charge in [-0.1, -0.05) is 23.2 Å². The minimum atomic E-state index is -4.52. The Balaban J connectivity index is 1.64. The van der Waals surface area contributed by atoms with E-state index in [9.17, 15) is 18.0 Å². The largest absolute Gasteiger partial charge is 0.457 e. The quantitative estimate of drug-likeness (QED) is 0.332. The lowest BCUT2D eigenvalue weighted by Crippen LogP contribution is -2.05. The number of nitrogens with zero attached hydrogens (tertiary/aromatic N) is 1. The molecule has 0 saturated heterocycles. The molecule has 3 aromatic rings. The van der Waals surface area contributed by atoms with Crippen molar-refractivity contribution in [3.63, 3.8) is 0 Å². The molecule has 2 heterocycles. The zero-order valence-corrected chi connectivity index (χ0v) is 16.3. The summed E-state index contributed by atoms with van der Waals surface area (Å²) in [5.41, 5.74) is -0.228. The number of benzene rings is 2. The molecular formula is C21H10Cl2F3NO3. The number of furan rings is 1. The molecule has 0 radical (unpaired) electrons. The van der Waals surface area contributed by atoms with E-state index in [1.54, 1.807) is 24.3 Å². The van der Waals surface area contributed by atoms with Crippen LogP contribution in [0.4, 0.5) is 13.2 Å². The van der Waals surface area contributed by atoms with Crippen molar-refractivity contribution < 1.29 is 27.1 Å². The fraction of sp³-hybridized carbons (Fsp3) is 0.0476. The Kier molecular flexibility index (Phi) is 5.17. The van der Waals surface area contributed by atoms with E-state index in [-0.39, 0.29) is 33.7 Å². The zero-order chi connectivity index (χ0) is 21.5. The van der Waals surface area contributed by atoms with E-state index in [1.165, 1.54) is 18.2 Å². The van der Waals surface area contributed by atoms with E-state index in [0.29, 0.717) is 10.6 Å². The molecule has 0 atom stereocenters. The average molecular weight is 452 g/mol. The van der Waals surface area contributed by atoms with Gasteiger partial charge in [0.05, 0.1) is 10.6 Å². The van der Waals surface area contributed by atoms with Crippen molar-refractivity contribution in [2.45, 2.75) is 6.18 Å². The van der Waals surface area contributed by atoms with Crippen LogP contribution < -0.4 is 0 Å². The number of hydrogen-bond donors (Lipinski definition) is 0. The smallest absolute Gasteiger partial charge is 0.416 e. The van der Waals surface area contributed by atoms with Gasteiger partial charge in [0.15, 0.2) is 5.70 Å². The molecule has 4 nitrogen and oxygen atoms in total. The summed E-state index contributed by atoms with van der Waals surface area (Å²) in [7, 11) is 0. The number of carbonyl (C=O) groups excluding carboxylic acids is 1. The Hall–Kier alpha value is -3.03. The number of aliphatic imine (C=N–C) groups is 1. The third-order valence-electron chi connectivity index (χ3n) is 4.18. The second-order valence-corrected chi connectivity index (χ2v) is 7.08. The molecule has 152 valence electrons. The fourth-order valence-electron chi connectivity index (χ4n) is 2.73. The summed E-state index contributed by atoms with van der Waals surface area (Å²) in [6, 6.07) is 12.4. The molecule has 2 aromatic carbocycles. The molecule has 0 spiro atoms. The van der Waals surface area contributed by atoms with E-state index in [4.69, 9.17) is 32.4 Å². The van der Waals surface area contributed by atoms with Crippen LogP contribution in [0, 0.1) is 0 Å². The van der Waals surface area contributed by atoms with Crippen LogP contribution >= 0.6 is 23.2 Å². The van der Waals surface area contributed by atoms with Crippen molar-refractivity contribution in [3.05, 3.63) is 87.2 Å². The standard InChI is InChI=1S/C21H10Cl2F3NO3/c22-13-4-1-11(2-5-13)19-27-17(20(28)30-19)10-14-6-8-18(29-14)15-9-12(21(24,25)26)3-7-16(15)23/h1-10H/b17-10-. The molecule has 1 aliphatic heterocycles. The van der Waals surface area contributed by atoms with Gasteiger partial charge in [-0.2, -0.15) is 13.2 Å². The highest BCUT2D eigenvalue weighted by molar-refractivity contribution is 6.33. The van der Waals surface area contributed by atoms with Crippen LogP contribution in [-0.2, 0) is 15.7 Å². The maximum absolute atomic E-state index is 13.0. The minimum Gasteiger partial charge on any atom is -0.457 e. The van der Waals surface area contributed by atoms with Crippen LogP contribution in [0.15, 0.2) is 69.7 Å². The van der Waals surface area contributed by atoms with Gasteiger partial charge >= 0.3 is 12.1 Å². The Bertz CT molecular complexity index is 1190. The summed E-state index contributed by atoms with van der Waals surface area (Å²) in [5.74, 6) is -0.261.